The molecule has 0 saturated heterocycles. The van der Waals surface area contributed by atoms with Gasteiger partial charge in [0.15, 0.2) is 0 Å². The molecule has 0 saturated carbocycles. The molecule has 3 heteroatoms. The van der Waals surface area contributed by atoms with E-state index < -0.39 is 5.97 Å². The van der Waals surface area contributed by atoms with Gasteiger partial charge in [-0.2, -0.15) is 0 Å². The number of rotatable bonds is 18. The van der Waals surface area contributed by atoms with Gasteiger partial charge in [0.1, 0.15) is 0 Å². The van der Waals surface area contributed by atoms with Gasteiger partial charge in [0.05, 0.1) is 13.1 Å². The highest BCUT2D eigenvalue weighted by Gasteiger charge is 1.95. The number of unbranched alkanes of at least 4 members (excludes halogenated alkanes) is 14. The van der Waals surface area contributed by atoms with Crippen molar-refractivity contribution in [1.29, 1.82) is 0 Å². The largest absolute Gasteiger partial charge is 0.550 e. The standard InChI is InChI=1S/C20H43N.C2H4O2/c1-3-5-7-9-11-13-15-17-19-21-20-18-16-14-12-10-8-6-4-2;1-2(3)4/h21H,3-20H2,1-2H3;1H3,(H,3,4). The van der Waals surface area contributed by atoms with E-state index in [0.717, 1.165) is 6.92 Å². The number of nitrogens with two attached hydrogens (primary N) is 1. The van der Waals surface area contributed by atoms with E-state index in [4.69, 9.17) is 9.90 Å². The first-order valence-corrected chi connectivity index (χ1v) is 11.1. The molecule has 0 heterocycles. The lowest BCUT2D eigenvalue weighted by molar-refractivity contribution is -0.655. The number of carboxylic acids is 1. The maximum Gasteiger partial charge on any atom is 0.0755 e. The second-order valence-corrected chi connectivity index (χ2v) is 7.31. The van der Waals surface area contributed by atoms with Gasteiger partial charge < -0.3 is 15.2 Å². The number of hydrogen-bond acceptors (Lipinski definition) is 2. The lowest BCUT2D eigenvalue weighted by Gasteiger charge is -2.03. The van der Waals surface area contributed by atoms with Crippen molar-refractivity contribution in [3.05, 3.63) is 0 Å². The second kappa shape index (κ2) is 25.7. The maximum atomic E-state index is 8.89. The monoisotopic (exact) mass is 357 g/mol. The number of carboxylic acid groups (broad SMARTS) is 1. The van der Waals surface area contributed by atoms with Crippen molar-refractivity contribution >= 4 is 5.97 Å². The summed E-state index contributed by atoms with van der Waals surface area (Å²) in [7, 11) is 0. The average molecular weight is 358 g/mol. The fourth-order valence-corrected chi connectivity index (χ4v) is 2.99. The zero-order valence-electron chi connectivity index (χ0n) is 17.6. The van der Waals surface area contributed by atoms with Gasteiger partial charge in [0.25, 0.3) is 0 Å². The highest BCUT2D eigenvalue weighted by atomic mass is 16.4. The van der Waals surface area contributed by atoms with E-state index in [-0.39, 0.29) is 0 Å². The summed E-state index contributed by atoms with van der Waals surface area (Å²) < 4.78 is 0. The molecule has 0 aliphatic rings. The molecule has 0 aromatic rings. The van der Waals surface area contributed by atoms with Crippen molar-refractivity contribution in [3.8, 4) is 0 Å². The van der Waals surface area contributed by atoms with Crippen LogP contribution in [0.2, 0.25) is 0 Å². The van der Waals surface area contributed by atoms with Crippen LogP contribution in [0.3, 0.4) is 0 Å². The third-order valence-electron chi connectivity index (χ3n) is 4.52. The van der Waals surface area contributed by atoms with Crippen LogP contribution in [0.15, 0.2) is 0 Å². The highest BCUT2D eigenvalue weighted by molar-refractivity contribution is 5.60. The highest BCUT2D eigenvalue weighted by Crippen LogP contribution is 2.08. The van der Waals surface area contributed by atoms with E-state index in [1.165, 1.54) is 116 Å². The molecule has 0 rings (SSSR count). The fraction of sp³-hybridized carbons (Fsp3) is 0.955. The van der Waals surface area contributed by atoms with Crippen molar-refractivity contribution < 1.29 is 15.2 Å². The molecule has 0 spiro atoms. The van der Waals surface area contributed by atoms with Crippen LogP contribution in [0.4, 0.5) is 0 Å². The molecule has 0 amide bonds. The Hall–Kier alpha value is -0.570. The number of aliphatic carboxylic acids is 1. The summed E-state index contributed by atoms with van der Waals surface area (Å²) in [4.78, 5) is 8.89. The van der Waals surface area contributed by atoms with Crippen LogP contribution in [0, 0.1) is 0 Å². The first-order chi connectivity index (χ1) is 12.1. The van der Waals surface area contributed by atoms with Crippen LogP contribution in [-0.2, 0) is 4.79 Å². The van der Waals surface area contributed by atoms with Crippen LogP contribution < -0.4 is 10.4 Å². The van der Waals surface area contributed by atoms with E-state index in [1.807, 2.05) is 0 Å². The summed E-state index contributed by atoms with van der Waals surface area (Å²) in [6, 6.07) is 0. The van der Waals surface area contributed by atoms with Crippen molar-refractivity contribution in [2.45, 2.75) is 124 Å². The smallest absolute Gasteiger partial charge is 0.0755 e. The predicted octanol–water partition coefficient (Wildman–Crippen LogP) is 4.59. The molecular weight excluding hydrogens is 310 g/mol. The number of quaternary nitrogens is 1. The SMILES string of the molecule is CC(=O)[O-].CCCCCCCCCC[NH2+]CCCCCCCCCC. The zero-order chi connectivity index (χ0) is 19.0. The Balaban J connectivity index is 0. The van der Waals surface area contributed by atoms with Crippen molar-refractivity contribution in [1.82, 2.24) is 0 Å². The number of carbonyl (C=O) groups excluding carboxylic acids is 1. The van der Waals surface area contributed by atoms with Crippen molar-refractivity contribution in [2.24, 2.45) is 0 Å². The first-order valence-electron chi connectivity index (χ1n) is 11.1. The molecule has 0 unspecified atom stereocenters. The normalized spacial score (nSPS) is 10.4. The van der Waals surface area contributed by atoms with Gasteiger partial charge in [-0.05, 0) is 32.6 Å². The molecule has 0 aromatic carbocycles. The molecule has 0 atom stereocenters. The van der Waals surface area contributed by atoms with Crippen LogP contribution in [0.25, 0.3) is 0 Å². The first kappa shape index (κ1) is 26.7. The van der Waals surface area contributed by atoms with Gasteiger partial charge in [0, 0.05) is 5.97 Å². The summed E-state index contributed by atoms with van der Waals surface area (Å²) in [5.74, 6) is -1.08. The van der Waals surface area contributed by atoms with Crippen LogP contribution in [-0.4, -0.2) is 19.1 Å². The molecule has 0 radical (unpaired) electrons. The van der Waals surface area contributed by atoms with Crippen molar-refractivity contribution in [3.63, 3.8) is 0 Å². The van der Waals surface area contributed by atoms with Gasteiger partial charge >= 0.3 is 0 Å². The Morgan fingerprint density at radius 2 is 0.840 bits per heavy atom. The van der Waals surface area contributed by atoms with Crippen LogP contribution in [0.5, 0.6) is 0 Å². The van der Waals surface area contributed by atoms with Gasteiger partial charge in [-0.3, -0.25) is 0 Å². The summed E-state index contributed by atoms with van der Waals surface area (Å²) in [5.41, 5.74) is 0. The Morgan fingerprint density at radius 1 is 0.600 bits per heavy atom. The summed E-state index contributed by atoms with van der Waals surface area (Å²) in [6.45, 7) is 8.29. The third kappa shape index (κ3) is 35.4. The molecule has 0 aliphatic carbocycles. The van der Waals surface area contributed by atoms with Gasteiger partial charge in [-0.15, -0.1) is 0 Å². The summed E-state index contributed by atoms with van der Waals surface area (Å²) in [6.07, 6.45) is 23.1. The topological polar surface area (TPSA) is 56.7 Å². The minimum atomic E-state index is -1.08. The van der Waals surface area contributed by atoms with E-state index in [9.17, 15) is 0 Å². The Morgan fingerprint density at radius 3 is 1.12 bits per heavy atom. The van der Waals surface area contributed by atoms with E-state index in [0.29, 0.717) is 0 Å². The van der Waals surface area contributed by atoms with E-state index in [2.05, 4.69) is 19.2 Å². The molecule has 2 N–H and O–H groups in total. The molecular formula is C22H47NO2. The zero-order valence-corrected chi connectivity index (χ0v) is 17.6. The summed E-state index contributed by atoms with van der Waals surface area (Å²) >= 11 is 0. The van der Waals surface area contributed by atoms with Crippen LogP contribution >= 0.6 is 0 Å². The maximum absolute atomic E-state index is 8.89. The fourth-order valence-electron chi connectivity index (χ4n) is 2.99. The quantitative estimate of drug-likeness (QED) is 0.365. The van der Waals surface area contributed by atoms with E-state index >= 15 is 0 Å². The molecule has 3 nitrogen and oxygen atoms in total. The minimum Gasteiger partial charge on any atom is -0.550 e. The van der Waals surface area contributed by atoms with Gasteiger partial charge in [-0.25, -0.2) is 0 Å². The molecule has 0 aromatic heterocycles. The second-order valence-electron chi connectivity index (χ2n) is 7.31. The molecule has 0 aliphatic heterocycles. The predicted molar refractivity (Wildman–Crippen MR) is 108 cm³/mol. The summed E-state index contributed by atoms with van der Waals surface area (Å²) in [5, 5.41) is 11.4. The molecule has 0 fully saturated rings. The van der Waals surface area contributed by atoms with E-state index in [1.54, 1.807) is 0 Å². The van der Waals surface area contributed by atoms with Gasteiger partial charge in [0.2, 0.25) is 0 Å². The Labute approximate surface area is 158 Å². The van der Waals surface area contributed by atoms with Crippen molar-refractivity contribution in [2.75, 3.05) is 13.1 Å². The third-order valence-corrected chi connectivity index (χ3v) is 4.52. The molecule has 25 heavy (non-hydrogen) atoms. The molecule has 152 valence electrons. The minimum absolute atomic E-state index is 0.972. The number of carbonyl (C=O) groups is 1. The Bertz CT molecular complexity index is 222. The lowest BCUT2D eigenvalue weighted by atomic mass is 10.1. The Kier molecular flexibility index (Phi) is 27.4. The molecule has 0 bridgehead atoms. The van der Waals surface area contributed by atoms with Gasteiger partial charge in [-0.1, -0.05) is 90.9 Å². The lowest BCUT2D eigenvalue weighted by Crippen LogP contribution is -2.84. The van der Waals surface area contributed by atoms with Crippen LogP contribution in [0.1, 0.15) is 124 Å². The number of hydrogen-bond donors (Lipinski definition) is 1. The average Bonchev–Trinajstić information content (AvgIpc) is 2.57.